The summed E-state index contributed by atoms with van der Waals surface area (Å²) in [5.74, 6) is 0.175. The Kier molecular flexibility index (Phi) is 4.96. The van der Waals surface area contributed by atoms with Crippen molar-refractivity contribution in [2.45, 2.75) is 32.1 Å². The maximum absolute atomic E-state index is 13.0. The third kappa shape index (κ3) is 3.43. The molecule has 6 heteroatoms. The van der Waals surface area contributed by atoms with Gasteiger partial charge in [-0.25, -0.2) is 0 Å². The highest BCUT2D eigenvalue weighted by atomic mass is 16.2. The fraction of sp³-hybridized carbons (Fsp3) is 0.500. The lowest BCUT2D eigenvalue weighted by atomic mass is 9.67. The average molecular weight is 380 g/mol. The van der Waals surface area contributed by atoms with Gasteiger partial charge in [-0.1, -0.05) is 30.3 Å². The van der Waals surface area contributed by atoms with Gasteiger partial charge in [0.05, 0.1) is 5.92 Å². The van der Waals surface area contributed by atoms with E-state index in [0.29, 0.717) is 5.69 Å². The van der Waals surface area contributed by atoms with Crippen LogP contribution in [-0.2, 0) is 11.8 Å². The van der Waals surface area contributed by atoms with Gasteiger partial charge in [0.15, 0.2) is 0 Å². The van der Waals surface area contributed by atoms with Crippen LogP contribution in [0.1, 0.15) is 48.2 Å². The molecule has 0 unspecified atom stereocenters. The molecule has 1 atom stereocenters. The predicted molar refractivity (Wildman–Crippen MR) is 107 cm³/mol. The van der Waals surface area contributed by atoms with Gasteiger partial charge >= 0.3 is 0 Å². The van der Waals surface area contributed by atoms with Crippen molar-refractivity contribution in [2.24, 2.45) is 12.5 Å². The van der Waals surface area contributed by atoms with E-state index in [4.69, 9.17) is 0 Å². The minimum Gasteiger partial charge on any atom is -0.342 e. The minimum atomic E-state index is -0.0760. The molecule has 1 aromatic carbocycles. The molecule has 0 saturated carbocycles. The maximum Gasteiger partial charge on any atom is 0.274 e. The van der Waals surface area contributed by atoms with Crippen LogP contribution < -0.4 is 0 Å². The zero-order chi connectivity index (χ0) is 19.7. The van der Waals surface area contributed by atoms with Crippen LogP contribution in [0.3, 0.4) is 0 Å². The predicted octanol–water partition coefficient (Wildman–Crippen LogP) is 2.68. The molecular formula is C22H28N4O2. The van der Waals surface area contributed by atoms with Crippen LogP contribution in [0, 0.1) is 5.41 Å². The molecule has 148 valence electrons. The molecule has 0 N–H and O–H groups in total. The molecule has 0 aliphatic carbocycles. The molecule has 1 spiro atoms. The van der Waals surface area contributed by atoms with E-state index in [-0.39, 0.29) is 23.1 Å². The van der Waals surface area contributed by atoms with Crippen molar-refractivity contribution < 1.29 is 9.59 Å². The Balaban J connectivity index is 1.50. The number of carbonyl (C=O) groups excluding carboxylic acids is 2. The Morgan fingerprint density at radius 3 is 2.50 bits per heavy atom. The molecule has 1 aromatic heterocycles. The van der Waals surface area contributed by atoms with Crippen LogP contribution in [0.15, 0.2) is 42.6 Å². The van der Waals surface area contributed by atoms with Crippen molar-refractivity contribution in [1.29, 1.82) is 0 Å². The second-order valence-electron chi connectivity index (χ2n) is 8.19. The summed E-state index contributed by atoms with van der Waals surface area (Å²) in [7, 11) is 1.82. The molecule has 3 heterocycles. The molecule has 2 aliphatic heterocycles. The Morgan fingerprint density at radius 1 is 1.18 bits per heavy atom. The fourth-order valence-corrected chi connectivity index (χ4v) is 4.74. The number of nitrogens with zero attached hydrogens (tertiary/aromatic N) is 4. The van der Waals surface area contributed by atoms with E-state index in [2.05, 4.69) is 24.2 Å². The number of likely N-dealkylation sites (N-methyl/N-ethyl adjacent to an activating group) is 1. The Hall–Kier alpha value is -2.63. The van der Waals surface area contributed by atoms with Crippen molar-refractivity contribution in [2.75, 3.05) is 26.2 Å². The number of amides is 2. The molecule has 2 saturated heterocycles. The number of carbonyl (C=O) groups is 2. The first kappa shape index (κ1) is 18.7. The van der Waals surface area contributed by atoms with E-state index in [1.54, 1.807) is 16.9 Å². The van der Waals surface area contributed by atoms with Gasteiger partial charge in [-0.05, 0) is 43.2 Å². The van der Waals surface area contributed by atoms with E-state index in [1.165, 1.54) is 0 Å². The van der Waals surface area contributed by atoms with Gasteiger partial charge in [-0.3, -0.25) is 14.3 Å². The molecule has 2 aliphatic rings. The number of hydrogen-bond acceptors (Lipinski definition) is 3. The first-order chi connectivity index (χ1) is 13.5. The summed E-state index contributed by atoms with van der Waals surface area (Å²) >= 11 is 0. The zero-order valence-corrected chi connectivity index (χ0v) is 16.7. The van der Waals surface area contributed by atoms with E-state index in [9.17, 15) is 9.59 Å². The van der Waals surface area contributed by atoms with E-state index in [1.807, 2.05) is 35.0 Å². The van der Waals surface area contributed by atoms with Gasteiger partial charge in [0.25, 0.3) is 5.91 Å². The normalized spacial score (nSPS) is 21.9. The van der Waals surface area contributed by atoms with Gasteiger partial charge < -0.3 is 9.80 Å². The van der Waals surface area contributed by atoms with Crippen LogP contribution >= 0.6 is 0 Å². The van der Waals surface area contributed by atoms with Crippen molar-refractivity contribution in [3.8, 4) is 0 Å². The molecule has 28 heavy (non-hydrogen) atoms. The van der Waals surface area contributed by atoms with E-state index < -0.39 is 0 Å². The van der Waals surface area contributed by atoms with Crippen molar-refractivity contribution >= 4 is 11.8 Å². The first-order valence-electron chi connectivity index (χ1n) is 10.1. The molecular weight excluding hydrogens is 352 g/mol. The lowest BCUT2D eigenvalue weighted by Crippen LogP contribution is -2.54. The number of aryl methyl sites for hydroxylation is 1. The molecule has 6 nitrogen and oxygen atoms in total. The Morgan fingerprint density at radius 2 is 1.89 bits per heavy atom. The molecule has 2 aromatic rings. The summed E-state index contributed by atoms with van der Waals surface area (Å²) in [5, 5.41) is 4.25. The lowest BCUT2D eigenvalue weighted by molar-refractivity contribution is -0.141. The zero-order valence-electron chi connectivity index (χ0n) is 16.7. The second-order valence-corrected chi connectivity index (χ2v) is 8.19. The van der Waals surface area contributed by atoms with Crippen LogP contribution in [0.5, 0.6) is 0 Å². The van der Waals surface area contributed by atoms with Crippen LogP contribution in [0.25, 0.3) is 0 Å². The average Bonchev–Trinajstić information content (AvgIpc) is 3.17. The van der Waals surface area contributed by atoms with Gasteiger partial charge in [-0.15, -0.1) is 0 Å². The molecule has 4 rings (SSSR count). The number of piperidine rings is 2. The standard InChI is InChI=1S/C22H28N4O2/c1-3-25-16-22(15-18(20(25)27)17-7-5-4-6-8-17)10-13-26(14-11-22)21(28)19-9-12-24(2)23-19/h4-9,12,18H,3,10-11,13-16H2,1-2H3/t18-/m1/s1. The third-order valence-corrected chi connectivity index (χ3v) is 6.40. The minimum absolute atomic E-state index is 0.00860. The highest BCUT2D eigenvalue weighted by Crippen LogP contribution is 2.45. The summed E-state index contributed by atoms with van der Waals surface area (Å²) < 4.78 is 1.66. The monoisotopic (exact) mass is 380 g/mol. The summed E-state index contributed by atoms with van der Waals surface area (Å²) in [4.78, 5) is 29.6. The number of likely N-dealkylation sites (tertiary alicyclic amines) is 2. The van der Waals surface area contributed by atoms with Gasteiger partial charge in [0.1, 0.15) is 5.69 Å². The fourth-order valence-electron chi connectivity index (χ4n) is 4.74. The molecule has 2 amide bonds. The summed E-state index contributed by atoms with van der Waals surface area (Å²) in [6, 6.07) is 11.9. The van der Waals surface area contributed by atoms with Crippen LogP contribution in [0.4, 0.5) is 0 Å². The summed E-state index contributed by atoms with van der Waals surface area (Å²) in [6.07, 6.45) is 4.53. The third-order valence-electron chi connectivity index (χ3n) is 6.40. The largest absolute Gasteiger partial charge is 0.342 e. The number of hydrogen-bond donors (Lipinski definition) is 0. The Bertz CT molecular complexity index is 852. The number of aromatic nitrogens is 2. The van der Waals surface area contributed by atoms with Crippen molar-refractivity contribution in [3.05, 3.63) is 53.9 Å². The van der Waals surface area contributed by atoms with Crippen LogP contribution in [0.2, 0.25) is 0 Å². The smallest absolute Gasteiger partial charge is 0.274 e. The van der Waals surface area contributed by atoms with Gasteiger partial charge in [-0.2, -0.15) is 5.10 Å². The number of benzene rings is 1. The quantitative estimate of drug-likeness (QED) is 0.823. The van der Waals surface area contributed by atoms with Crippen LogP contribution in [-0.4, -0.2) is 57.6 Å². The number of rotatable bonds is 3. The van der Waals surface area contributed by atoms with Crippen molar-refractivity contribution in [3.63, 3.8) is 0 Å². The summed E-state index contributed by atoms with van der Waals surface area (Å²) in [6.45, 7) is 5.04. The lowest BCUT2D eigenvalue weighted by Gasteiger charge is -2.49. The van der Waals surface area contributed by atoms with Crippen molar-refractivity contribution in [1.82, 2.24) is 19.6 Å². The van der Waals surface area contributed by atoms with Gasteiger partial charge in [0, 0.05) is 39.4 Å². The highest BCUT2D eigenvalue weighted by Gasteiger charge is 2.46. The highest BCUT2D eigenvalue weighted by molar-refractivity contribution is 5.92. The van der Waals surface area contributed by atoms with E-state index in [0.717, 1.165) is 51.0 Å². The topological polar surface area (TPSA) is 58.4 Å². The maximum atomic E-state index is 13.0. The summed E-state index contributed by atoms with van der Waals surface area (Å²) in [5.41, 5.74) is 1.71. The molecule has 0 radical (unpaired) electrons. The van der Waals surface area contributed by atoms with Gasteiger partial charge in [0.2, 0.25) is 5.91 Å². The molecule has 0 bridgehead atoms. The van der Waals surface area contributed by atoms with E-state index >= 15 is 0 Å². The SMILES string of the molecule is CCN1CC2(CCN(C(=O)c3ccn(C)n3)CC2)C[C@H](c2ccccc2)C1=O. The molecule has 2 fully saturated rings. The first-order valence-corrected chi connectivity index (χ1v) is 10.1. The Labute approximate surface area is 166 Å². The second kappa shape index (κ2) is 7.41.